The van der Waals surface area contributed by atoms with Crippen LogP contribution in [0.25, 0.3) is 0 Å². The molecule has 2 N–H and O–H groups in total. The first-order valence-electron chi connectivity index (χ1n) is 5.26. The van der Waals surface area contributed by atoms with Gasteiger partial charge in [-0.25, -0.2) is 0 Å². The van der Waals surface area contributed by atoms with Gasteiger partial charge in [0.15, 0.2) is 0 Å². The molecule has 0 radical (unpaired) electrons. The third-order valence-corrected chi connectivity index (χ3v) is 2.50. The Labute approximate surface area is 101 Å². The fourth-order valence-electron chi connectivity index (χ4n) is 1.36. The molecular formula is C12H15ClN2O. The molecule has 1 aromatic carbocycles. The van der Waals surface area contributed by atoms with Crippen molar-refractivity contribution >= 4 is 11.6 Å². The van der Waals surface area contributed by atoms with Crippen LogP contribution in [0.3, 0.4) is 0 Å². The van der Waals surface area contributed by atoms with Crippen LogP contribution in [0.2, 0.25) is 5.02 Å². The highest BCUT2D eigenvalue weighted by molar-refractivity contribution is 6.32. The van der Waals surface area contributed by atoms with E-state index in [9.17, 15) is 0 Å². The van der Waals surface area contributed by atoms with E-state index in [1.54, 1.807) is 6.07 Å². The molecular weight excluding hydrogens is 224 g/mol. The number of halogens is 1. The summed E-state index contributed by atoms with van der Waals surface area (Å²) >= 11 is 6.02. The molecule has 86 valence electrons. The molecule has 0 bridgehead atoms. The lowest BCUT2D eigenvalue weighted by Gasteiger charge is -2.11. The second-order valence-electron chi connectivity index (χ2n) is 3.40. The van der Waals surface area contributed by atoms with E-state index in [-0.39, 0.29) is 0 Å². The van der Waals surface area contributed by atoms with Gasteiger partial charge in [0.1, 0.15) is 5.75 Å². The lowest BCUT2D eigenvalue weighted by atomic mass is 10.2. The van der Waals surface area contributed by atoms with E-state index in [0.717, 1.165) is 18.4 Å². The van der Waals surface area contributed by atoms with Gasteiger partial charge in [-0.05, 0) is 18.9 Å². The second-order valence-corrected chi connectivity index (χ2v) is 3.80. The normalized spacial score (nSPS) is 9.81. The highest BCUT2D eigenvalue weighted by atomic mass is 35.5. The van der Waals surface area contributed by atoms with Gasteiger partial charge in [0.2, 0.25) is 0 Å². The largest absolute Gasteiger partial charge is 0.492 e. The fourth-order valence-corrected chi connectivity index (χ4v) is 1.60. The summed E-state index contributed by atoms with van der Waals surface area (Å²) in [6.45, 7) is 0.979. The van der Waals surface area contributed by atoms with Crippen molar-refractivity contribution in [3.8, 4) is 11.8 Å². The standard InChI is InChI=1S/C12H15ClN2O/c13-11-6-4-5-10(9-15)12(11)16-8-3-1-2-7-14/h4-6H,1-3,8-9,15H2. The molecule has 1 aromatic rings. The van der Waals surface area contributed by atoms with Gasteiger partial charge in [-0.2, -0.15) is 5.26 Å². The second kappa shape index (κ2) is 7.10. The third kappa shape index (κ3) is 3.73. The number of nitriles is 1. The average molecular weight is 239 g/mol. The van der Waals surface area contributed by atoms with Crippen molar-refractivity contribution in [1.29, 1.82) is 5.26 Å². The molecule has 3 nitrogen and oxygen atoms in total. The Balaban J connectivity index is 2.50. The number of para-hydroxylation sites is 1. The number of benzene rings is 1. The maximum absolute atomic E-state index is 8.38. The molecule has 4 heteroatoms. The van der Waals surface area contributed by atoms with Gasteiger partial charge in [0.05, 0.1) is 17.7 Å². The molecule has 0 amide bonds. The van der Waals surface area contributed by atoms with Gasteiger partial charge in [-0.1, -0.05) is 23.7 Å². The minimum Gasteiger partial charge on any atom is -0.492 e. The molecule has 0 aliphatic carbocycles. The van der Waals surface area contributed by atoms with E-state index < -0.39 is 0 Å². The fraction of sp³-hybridized carbons (Fsp3) is 0.417. The molecule has 0 spiro atoms. The van der Waals surface area contributed by atoms with Gasteiger partial charge in [-0.15, -0.1) is 0 Å². The zero-order valence-electron chi connectivity index (χ0n) is 9.08. The smallest absolute Gasteiger partial charge is 0.142 e. The molecule has 1 rings (SSSR count). The maximum Gasteiger partial charge on any atom is 0.142 e. The molecule has 0 atom stereocenters. The average Bonchev–Trinajstić information content (AvgIpc) is 2.30. The Hall–Kier alpha value is -1.24. The van der Waals surface area contributed by atoms with Crippen LogP contribution in [0.4, 0.5) is 0 Å². The van der Waals surface area contributed by atoms with E-state index in [4.69, 9.17) is 27.3 Å². The number of nitrogens with two attached hydrogens (primary N) is 1. The highest BCUT2D eigenvalue weighted by Gasteiger charge is 2.06. The van der Waals surface area contributed by atoms with Crippen LogP contribution in [0.1, 0.15) is 24.8 Å². The van der Waals surface area contributed by atoms with Crippen LogP contribution < -0.4 is 10.5 Å². The van der Waals surface area contributed by atoms with Crippen molar-refractivity contribution in [1.82, 2.24) is 0 Å². The Kier molecular flexibility index (Phi) is 5.69. The summed E-state index contributed by atoms with van der Waals surface area (Å²) in [4.78, 5) is 0. The summed E-state index contributed by atoms with van der Waals surface area (Å²) in [5.74, 6) is 0.670. The van der Waals surface area contributed by atoms with Crippen molar-refractivity contribution in [3.63, 3.8) is 0 Å². The van der Waals surface area contributed by atoms with E-state index in [2.05, 4.69) is 6.07 Å². The van der Waals surface area contributed by atoms with Gasteiger partial charge < -0.3 is 10.5 Å². The Morgan fingerprint density at radius 1 is 1.38 bits per heavy atom. The van der Waals surface area contributed by atoms with Gasteiger partial charge in [0, 0.05) is 18.5 Å². The summed E-state index contributed by atoms with van der Waals surface area (Å²) in [5.41, 5.74) is 6.50. The predicted octanol–water partition coefficient (Wildman–Crippen LogP) is 2.87. The lowest BCUT2D eigenvalue weighted by Crippen LogP contribution is -2.04. The van der Waals surface area contributed by atoms with Crippen LogP contribution in [-0.2, 0) is 6.54 Å². The summed E-state index contributed by atoms with van der Waals surface area (Å²) in [7, 11) is 0. The van der Waals surface area contributed by atoms with Crippen LogP contribution >= 0.6 is 11.6 Å². The Bertz CT molecular complexity index is 374. The molecule has 0 saturated heterocycles. The van der Waals surface area contributed by atoms with Crippen LogP contribution in [0.5, 0.6) is 5.75 Å². The SMILES string of the molecule is N#CCCCCOc1c(Cl)cccc1CN. The van der Waals surface area contributed by atoms with Gasteiger partial charge >= 0.3 is 0 Å². The molecule has 0 saturated carbocycles. The summed E-state index contributed by atoms with van der Waals surface area (Å²) < 4.78 is 5.58. The van der Waals surface area contributed by atoms with E-state index in [1.165, 1.54) is 0 Å². The van der Waals surface area contributed by atoms with Crippen LogP contribution in [-0.4, -0.2) is 6.61 Å². The quantitative estimate of drug-likeness (QED) is 0.776. The van der Waals surface area contributed by atoms with Crippen molar-refractivity contribution in [2.75, 3.05) is 6.61 Å². The first kappa shape index (κ1) is 12.8. The van der Waals surface area contributed by atoms with Gasteiger partial charge in [0.25, 0.3) is 0 Å². The van der Waals surface area contributed by atoms with E-state index >= 15 is 0 Å². The molecule has 0 aromatic heterocycles. The number of unbranched alkanes of at least 4 members (excludes halogenated alkanes) is 2. The minimum absolute atomic E-state index is 0.411. The first-order valence-corrected chi connectivity index (χ1v) is 5.64. The molecule has 0 aliphatic heterocycles. The summed E-state index contributed by atoms with van der Waals surface area (Å²) in [6, 6.07) is 7.64. The van der Waals surface area contributed by atoms with E-state index in [0.29, 0.717) is 30.3 Å². The van der Waals surface area contributed by atoms with Gasteiger partial charge in [-0.3, -0.25) is 0 Å². The van der Waals surface area contributed by atoms with Crippen molar-refractivity contribution in [2.24, 2.45) is 5.73 Å². The lowest BCUT2D eigenvalue weighted by molar-refractivity contribution is 0.305. The monoisotopic (exact) mass is 238 g/mol. The predicted molar refractivity (Wildman–Crippen MR) is 64.3 cm³/mol. The molecule has 0 aliphatic rings. The summed E-state index contributed by atoms with van der Waals surface area (Å²) in [5, 5.41) is 8.97. The van der Waals surface area contributed by atoms with Crippen molar-refractivity contribution in [3.05, 3.63) is 28.8 Å². The third-order valence-electron chi connectivity index (χ3n) is 2.20. The molecule has 16 heavy (non-hydrogen) atoms. The number of rotatable bonds is 6. The van der Waals surface area contributed by atoms with Crippen molar-refractivity contribution < 1.29 is 4.74 Å². The topological polar surface area (TPSA) is 59.0 Å². The zero-order valence-corrected chi connectivity index (χ0v) is 9.83. The number of nitrogens with zero attached hydrogens (tertiary/aromatic N) is 1. The van der Waals surface area contributed by atoms with Crippen LogP contribution in [0, 0.1) is 11.3 Å². The molecule has 0 heterocycles. The zero-order chi connectivity index (χ0) is 11.8. The molecule has 0 unspecified atom stereocenters. The number of ether oxygens (including phenoxy) is 1. The van der Waals surface area contributed by atoms with Crippen molar-refractivity contribution in [2.45, 2.75) is 25.8 Å². The number of hydrogen-bond donors (Lipinski definition) is 1. The Morgan fingerprint density at radius 2 is 2.19 bits per heavy atom. The van der Waals surface area contributed by atoms with Crippen LogP contribution in [0.15, 0.2) is 18.2 Å². The maximum atomic E-state index is 8.38. The highest BCUT2D eigenvalue weighted by Crippen LogP contribution is 2.28. The van der Waals surface area contributed by atoms with E-state index in [1.807, 2.05) is 12.1 Å². The minimum atomic E-state index is 0.411. The number of hydrogen-bond acceptors (Lipinski definition) is 3. The Morgan fingerprint density at radius 3 is 2.88 bits per heavy atom. The first-order chi connectivity index (χ1) is 7.79. The molecule has 0 fully saturated rings. The summed E-state index contributed by atoms with van der Waals surface area (Å²) in [6.07, 6.45) is 2.26.